The van der Waals surface area contributed by atoms with Crippen LogP contribution in [0.3, 0.4) is 0 Å². The molecule has 0 amide bonds. The number of benzene rings is 2. The van der Waals surface area contributed by atoms with Crippen LogP contribution in [0.5, 0.6) is 0 Å². The van der Waals surface area contributed by atoms with Gasteiger partial charge in [0, 0.05) is 24.7 Å². The Bertz CT molecular complexity index is 744. The van der Waals surface area contributed by atoms with Crippen LogP contribution < -0.4 is 5.32 Å². The third-order valence-corrected chi connectivity index (χ3v) is 5.78. The average molecular weight is 336 g/mol. The van der Waals surface area contributed by atoms with Gasteiger partial charge in [0.2, 0.25) is 0 Å². The Morgan fingerprint density at radius 2 is 1.92 bits per heavy atom. The number of carbonyl (C=O) groups is 1. The number of fused-ring (bicyclic) bond motifs is 2. The molecule has 0 spiro atoms. The van der Waals surface area contributed by atoms with E-state index in [4.69, 9.17) is 5.11 Å². The van der Waals surface area contributed by atoms with E-state index in [0.29, 0.717) is 11.6 Å². The Morgan fingerprint density at radius 3 is 2.64 bits per heavy atom. The highest BCUT2D eigenvalue weighted by Crippen LogP contribution is 2.40. The molecule has 0 aliphatic carbocycles. The SMILES string of the molecule is O=C(O)c1ccc(C23CCN(Cc4ccccc4)C(CCN2)C3)cc1. The number of piperidine rings is 2. The largest absolute Gasteiger partial charge is 0.478 e. The predicted octanol–water partition coefficient (Wildman–Crippen LogP) is 3.24. The zero-order chi connectivity index (χ0) is 17.3. The van der Waals surface area contributed by atoms with E-state index < -0.39 is 5.97 Å². The second-order valence-corrected chi connectivity index (χ2v) is 7.24. The van der Waals surface area contributed by atoms with Crippen molar-refractivity contribution in [2.75, 3.05) is 13.1 Å². The number of carboxylic acid groups (broad SMARTS) is 1. The van der Waals surface area contributed by atoms with Gasteiger partial charge in [-0.25, -0.2) is 4.79 Å². The van der Waals surface area contributed by atoms with Gasteiger partial charge in [-0.2, -0.15) is 0 Å². The molecule has 2 aliphatic rings. The van der Waals surface area contributed by atoms with Crippen LogP contribution in [0.25, 0.3) is 0 Å². The van der Waals surface area contributed by atoms with Crippen LogP contribution in [0.2, 0.25) is 0 Å². The molecule has 2 aromatic carbocycles. The van der Waals surface area contributed by atoms with Crippen LogP contribution >= 0.6 is 0 Å². The highest BCUT2D eigenvalue weighted by atomic mass is 16.4. The molecule has 2 N–H and O–H groups in total. The number of likely N-dealkylation sites (tertiary alicyclic amines) is 1. The Labute approximate surface area is 148 Å². The molecule has 0 radical (unpaired) electrons. The molecule has 2 fully saturated rings. The monoisotopic (exact) mass is 336 g/mol. The Hall–Kier alpha value is -2.17. The maximum absolute atomic E-state index is 11.1. The van der Waals surface area contributed by atoms with Crippen molar-refractivity contribution in [1.82, 2.24) is 10.2 Å². The molecule has 2 unspecified atom stereocenters. The topological polar surface area (TPSA) is 52.6 Å². The standard InChI is InChI=1S/C21H24N2O2/c24-20(25)17-6-8-18(9-7-17)21-11-13-23(19(14-21)10-12-22-21)15-16-4-2-1-3-5-16/h1-9,19,22H,10-15H2,(H,24,25). The van der Waals surface area contributed by atoms with E-state index in [1.54, 1.807) is 12.1 Å². The molecule has 25 heavy (non-hydrogen) atoms. The van der Waals surface area contributed by atoms with Gasteiger partial charge in [0.05, 0.1) is 5.56 Å². The third kappa shape index (κ3) is 3.20. The van der Waals surface area contributed by atoms with Crippen molar-refractivity contribution in [1.29, 1.82) is 0 Å². The Kier molecular flexibility index (Phi) is 4.32. The van der Waals surface area contributed by atoms with Crippen molar-refractivity contribution in [2.45, 2.75) is 37.4 Å². The van der Waals surface area contributed by atoms with E-state index in [1.807, 2.05) is 12.1 Å². The molecule has 4 nitrogen and oxygen atoms in total. The molecule has 2 bridgehead atoms. The molecule has 0 aromatic heterocycles. The van der Waals surface area contributed by atoms with Crippen LogP contribution in [0, 0.1) is 0 Å². The van der Waals surface area contributed by atoms with E-state index in [9.17, 15) is 4.79 Å². The smallest absolute Gasteiger partial charge is 0.335 e. The number of carboxylic acids is 1. The molecule has 0 saturated carbocycles. The van der Waals surface area contributed by atoms with Crippen molar-refractivity contribution in [3.05, 3.63) is 71.3 Å². The zero-order valence-corrected chi connectivity index (χ0v) is 14.3. The second-order valence-electron chi connectivity index (χ2n) is 7.24. The van der Waals surface area contributed by atoms with Crippen LogP contribution in [0.1, 0.15) is 40.7 Å². The van der Waals surface area contributed by atoms with E-state index >= 15 is 0 Å². The van der Waals surface area contributed by atoms with Crippen LogP contribution in [-0.4, -0.2) is 35.1 Å². The van der Waals surface area contributed by atoms with Crippen molar-refractivity contribution in [3.63, 3.8) is 0 Å². The number of hydrogen-bond donors (Lipinski definition) is 2. The molecule has 2 aromatic rings. The van der Waals surface area contributed by atoms with Crippen LogP contribution in [-0.2, 0) is 12.1 Å². The fourth-order valence-electron chi connectivity index (χ4n) is 4.40. The first-order chi connectivity index (χ1) is 12.2. The molecule has 2 heterocycles. The number of aromatic carboxylic acids is 1. The van der Waals surface area contributed by atoms with Gasteiger partial charge in [-0.05, 0) is 49.1 Å². The summed E-state index contributed by atoms with van der Waals surface area (Å²) in [5.41, 5.74) is 2.95. The molecule has 130 valence electrons. The summed E-state index contributed by atoms with van der Waals surface area (Å²) in [5.74, 6) is -0.865. The minimum Gasteiger partial charge on any atom is -0.478 e. The van der Waals surface area contributed by atoms with E-state index in [-0.39, 0.29) is 5.54 Å². The minimum atomic E-state index is -0.865. The van der Waals surface area contributed by atoms with Crippen molar-refractivity contribution in [3.8, 4) is 0 Å². The van der Waals surface area contributed by atoms with Gasteiger partial charge >= 0.3 is 5.97 Å². The van der Waals surface area contributed by atoms with Gasteiger partial charge in [-0.1, -0.05) is 42.5 Å². The molecule has 2 saturated heterocycles. The normalized spacial score (nSPS) is 26.3. The zero-order valence-electron chi connectivity index (χ0n) is 14.3. The molecular weight excluding hydrogens is 312 g/mol. The van der Waals surface area contributed by atoms with Crippen molar-refractivity contribution >= 4 is 5.97 Å². The van der Waals surface area contributed by atoms with Crippen molar-refractivity contribution in [2.24, 2.45) is 0 Å². The predicted molar refractivity (Wildman–Crippen MR) is 97.6 cm³/mol. The lowest BCUT2D eigenvalue weighted by atomic mass is 9.74. The molecule has 4 rings (SSSR count). The third-order valence-electron chi connectivity index (χ3n) is 5.78. The summed E-state index contributed by atoms with van der Waals surface area (Å²) in [6.45, 7) is 3.09. The number of hydrogen-bond acceptors (Lipinski definition) is 3. The van der Waals surface area contributed by atoms with Gasteiger partial charge in [0.15, 0.2) is 0 Å². The quantitative estimate of drug-likeness (QED) is 0.900. The fourth-order valence-corrected chi connectivity index (χ4v) is 4.40. The average Bonchev–Trinajstić information content (AvgIpc) is 2.65. The highest BCUT2D eigenvalue weighted by Gasteiger charge is 2.43. The summed E-state index contributed by atoms with van der Waals surface area (Å²) >= 11 is 0. The maximum atomic E-state index is 11.1. The van der Waals surface area contributed by atoms with Gasteiger partial charge in [-0.15, -0.1) is 0 Å². The lowest BCUT2D eigenvalue weighted by Crippen LogP contribution is -2.59. The first-order valence-electron chi connectivity index (χ1n) is 9.03. The highest BCUT2D eigenvalue weighted by molar-refractivity contribution is 5.87. The summed E-state index contributed by atoms with van der Waals surface area (Å²) in [6, 6.07) is 18.7. The van der Waals surface area contributed by atoms with Gasteiger partial charge in [-0.3, -0.25) is 4.90 Å². The number of nitrogens with one attached hydrogen (secondary N) is 1. The lowest BCUT2D eigenvalue weighted by Gasteiger charge is -2.51. The fraction of sp³-hybridized carbons (Fsp3) is 0.381. The first-order valence-corrected chi connectivity index (χ1v) is 9.03. The maximum Gasteiger partial charge on any atom is 0.335 e. The van der Waals surface area contributed by atoms with E-state index in [2.05, 4.69) is 40.5 Å². The van der Waals surface area contributed by atoms with E-state index in [1.165, 1.54) is 17.5 Å². The van der Waals surface area contributed by atoms with Crippen LogP contribution in [0.15, 0.2) is 54.6 Å². The lowest BCUT2D eigenvalue weighted by molar-refractivity contribution is 0.0353. The number of nitrogens with zero attached hydrogens (tertiary/aromatic N) is 1. The Morgan fingerprint density at radius 1 is 1.16 bits per heavy atom. The number of rotatable bonds is 4. The molecule has 2 atom stereocenters. The molecule has 2 aliphatic heterocycles. The first kappa shape index (κ1) is 16.3. The summed E-state index contributed by atoms with van der Waals surface area (Å²) in [6.07, 6.45) is 3.32. The molecular formula is C21H24N2O2. The van der Waals surface area contributed by atoms with Gasteiger partial charge < -0.3 is 10.4 Å². The summed E-state index contributed by atoms with van der Waals surface area (Å²) < 4.78 is 0. The second kappa shape index (κ2) is 6.62. The summed E-state index contributed by atoms with van der Waals surface area (Å²) in [7, 11) is 0. The Balaban J connectivity index is 1.52. The molecule has 4 heteroatoms. The van der Waals surface area contributed by atoms with E-state index in [0.717, 1.165) is 32.5 Å². The van der Waals surface area contributed by atoms with Crippen molar-refractivity contribution < 1.29 is 9.90 Å². The van der Waals surface area contributed by atoms with Gasteiger partial charge in [0.1, 0.15) is 0 Å². The summed E-state index contributed by atoms with van der Waals surface area (Å²) in [4.78, 5) is 13.7. The van der Waals surface area contributed by atoms with Gasteiger partial charge in [0.25, 0.3) is 0 Å². The van der Waals surface area contributed by atoms with Crippen LogP contribution in [0.4, 0.5) is 0 Å². The summed E-state index contributed by atoms with van der Waals surface area (Å²) in [5, 5.41) is 12.9. The minimum absolute atomic E-state index is 0.00681.